The number of anilines is 2. The number of nitrogens with two attached hydrogens (primary N) is 1. The predicted molar refractivity (Wildman–Crippen MR) is 108 cm³/mol. The van der Waals surface area contributed by atoms with Crippen LogP contribution in [-0.2, 0) is 23.8 Å². The highest BCUT2D eigenvalue weighted by molar-refractivity contribution is 5.90. The highest BCUT2D eigenvalue weighted by atomic mass is 19.1. The molecule has 2 aliphatic rings. The van der Waals surface area contributed by atoms with Gasteiger partial charge in [0.15, 0.2) is 0 Å². The molecular formula is C20H28FN3O6. The van der Waals surface area contributed by atoms with E-state index in [9.17, 15) is 14.4 Å². The molecule has 1 aromatic carbocycles. The van der Waals surface area contributed by atoms with Crippen LogP contribution >= 0.6 is 0 Å². The normalized spacial score (nSPS) is 29.7. The van der Waals surface area contributed by atoms with Crippen LogP contribution in [0, 0.1) is 5.82 Å². The summed E-state index contributed by atoms with van der Waals surface area (Å²) in [4.78, 5) is 33.0. The van der Waals surface area contributed by atoms with Crippen molar-refractivity contribution in [1.82, 2.24) is 0 Å². The van der Waals surface area contributed by atoms with E-state index in [4.69, 9.17) is 21.4 Å². The minimum Gasteiger partial charge on any atom is -0.442 e. The van der Waals surface area contributed by atoms with E-state index in [2.05, 4.69) is 9.47 Å². The monoisotopic (exact) mass is 433 g/mol. The Bertz CT molecular complexity index is 1080. The first-order valence-corrected chi connectivity index (χ1v) is 8.72. The fraction of sp³-hybridized carbons (Fsp3) is 0.550. The number of benzene rings is 1. The van der Waals surface area contributed by atoms with Crippen molar-refractivity contribution in [1.29, 1.82) is 0 Å². The number of ether oxygens (including phenoxy) is 3. The molecule has 0 aromatic heterocycles. The number of hydrogen-bond acceptors (Lipinski definition) is 8. The maximum Gasteiger partial charge on any atom is 0.414 e. The molecule has 30 heavy (non-hydrogen) atoms. The van der Waals surface area contributed by atoms with Crippen LogP contribution in [0.5, 0.6) is 0 Å². The van der Waals surface area contributed by atoms with Crippen LogP contribution in [0.3, 0.4) is 0 Å². The van der Waals surface area contributed by atoms with Gasteiger partial charge in [0.25, 0.3) is 0 Å². The summed E-state index contributed by atoms with van der Waals surface area (Å²) >= 11 is 0. The predicted octanol–water partition coefficient (Wildman–Crippen LogP) is 1.82. The standard InChI is InChI=1S/C16H22FN3O3.C4H6O3/c1-16(2,18)14-10-20(15(21)23-14)11-3-4-13(12(17)9-11)19-5-7-22-8-6-19;1-3(5)7-4(2)6/h3-4,9,14H,5-8,10,18H2,1-2H3;1-2H3/t14-;/m1./s1/i5D2,6D2,7D2,8D2;. The van der Waals surface area contributed by atoms with Gasteiger partial charge in [-0.3, -0.25) is 14.5 Å². The first-order valence-electron chi connectivity index (χ1n) is 12.7. The van der Waals surface area contributed by atoms with Crippen molar-refractivity contribution in [2.45, 2.75) is 39.3 Å². The van der Waals surface area contributed by atoms with Gasteiger partial charge in [-0.25, -0.2) is 9.18 Å². The van der Waals surface area contributed by atoms with Crippen molar-refractivity contribution in [2.75, 3.05) is 42.5 Å². The third-order valence-corrected chi connectivity index (χ3v) is 3.83. The molecule has 1 atom stereocenters. The smallest absolute Gasteiger partial charge is 0.414 e. The third kappa shape index (κ3) is 6.39. The lowest BCUT2D eigenvalue weighted by atomic mass is 9.99. The van der Waals surface area contributed by atoms with Crippen molar-refractivity contribution < 1.29 is 44.0 Å². The first kappa shape index (κ1) is 14.3. The number of rotatable bonds is 3. The number of cyclic esters (lactones) is 1. The van der Waals surface area contributed by atoms with Crippen LogP contribution < -0.4 is 15.5 Å². The number of carbonyl (C=O) groups excluding carboxylic acids is 3. The molecule has 0 radical (unpaired) electrons. The molecule has 0 unspecified atom stereocenters. The average Bonchev–Trinajstić information content (AvgIpc) is 3.09. The Kier molecular flexibility index (Phi) is 4.70. The van der Waals surface area contributed by atoms with E-state index in [1.54, 1.807) is 13.8 Å². The van der Waals surface area contributed by atoms with Crippen LogP contribution in [0.4, 0.5) is 20.6 Å². The van der Waals surface area contributed by atoms with Gasteiger partial charge in [-0.1, -0.05) is 0 Å². The highest BCUT2D eigenvalue weighted by Gasteiger charge is 2.40. The van der Waals surface area contributed by atoms with Crippen molar-refractivity contribution in [2.24, 2.45) is 5.73 Å². The first-order chi connectivity index (χ1) is 17.0. The largest absolute Gasteiger partial charge is 0.442 e. The number of amides is 1. The number of morpholine rings is 1. The van der Waals surface area contributed by atoms with Crippen molar-refractivity contribution in [3.63, 3.8) is 0 Å². The summed E-state index contributed by atoms with van der Waals surface area (Å²) in [7, 11) is 0. The zero-order valence-electron chi connectivity index (χ0n) is 24.8. The minimum absolute atomic E-state index is 0.0193. The summed E-state index contributed by atoms with van der Waals surface area (Å²) in [6.07, 6.45) is -1.45. The van der Waals surface area contributed by atoms with Gasteiger partial charge in [0.2, 0.25) is 0 Å². The van der Waals surface area contributed by atoms with Gasteiger partial charge in [-0.2, -0.15) is 0 Å². The second-order valence-corrected chi connectivity index (χ2v) is 6.89. The Morgan fingerprint density at radius 1 is 1.27 bits per heavy atom. The Morgan fingerprint density at radius 3 is 2.30 bits per heavy atom. The van der Waals surface area contributed by atoms with E-state index >= 15 is 4.39 Å². The fourth-order valence-electron chi connectivity index (χ4n) is 2.42. The van der Waals surface area contributed by atoms with Gasteiger partial charge in [-0.05, 0) is 32.0 Å². The van der Waals surface area contributed by atoms with Gasteiger partial charge < -0.3 is 24.8 Å². The SMILES string of the molecule is CC(=O)OC(C)=O.[2H]C1([2H])OC([2H])([2H])C([2H])([2H])N(c2ccc(N3C[C@H](C(C)(C)N)OC3=O)cc2F)C1([2H])[2H]. The van der Waals surface area contributed by atoms with Gasteiger partial charge >= 0.3 is 18.0 Å². The Hall–Kier alpha value is -2.72. The van der Waals surface area contributed by atoms with Crippen LogP contribution in [-0.4, -0.2) is 62.3 Å². The molecular weight excluding hydrogens is 397 g/mol. The molecule has 1 aromatic rings. The van der Waals surface area contributed by atoms with Crippen molar-refractivity contribution in [3.05, 3.63) is 24.0 Å². The van der Waals surface area contributed by atoms with E-state index in [-0.39, 0.29) is 17.1 Å². The van der Waals surface area contributed by atoms with Gasteiger partial charge in [0, 0.05) is 32.4 Å². The molecule has 0 bridgehead atoms. The number of halogens is 1. The molecule has 2 heterocycles. The zero-order chi connectivity index (χ0) is 29.6. The van der Waals surface area contributed by atoms with Crippen molar-refractivity contribution in [3.8, 4) is 0 Å². The fourth-order valence-corrected chi connectivity index (χ4v) is 2.42. The molecule has 0 spiro atoms. The molecule has 2 N–H and O–H groups in total. The summed E-state index contributed by atoms with van der Waals surface area (Å²) < 4.78 is 91.6. The maximum absolute atomic E-state index is 15.1. The van der Waals surface area contributed by atoms with E-state index < -0.39 is 67.3 Å². The Balaban J connectivity index is 0.000000638. The summed E-state index contributed by atoms with van der Waals surface area (Å²) in [5.74, 6) is -2.33. The summed E-state index contributed by atoms with van der Waals surface area (Å²) in [6, 6.07) is 2.96. The second-order valence-electron chi connectivity index (χ2n) is 6.89. The van der Waals surface area contributed by atoms with Gasteiger partial charge in [0.1, 0.15) is 11.9 Å². The summed E-state index contributed by atoms with van der Waals surface area (Å²) in [5.41, 5.74) is 4.37. The Labute approximate surface area is 186 Å². The lowest BCUT2D eigenvalue weighted by molar-refractivity contribution is -0.156. The van der Waals surface area contributed by atoms with E-state index in [1.807, 2.05) is 0 Å². The molecule has 9 nitrogen and oxygen atoms in total. The number of carbonyl (C=O) groups is 3. The average molecular weight is 434 g/mol. The maximum atomic E-state index is 15.1. The molecule has 1 amide bonds. The quantitative estimate of drug-likeness (QED) is 0.568. The lowest BCUT2D eigenvalue weighted by Gasteiger charge is -2.29. The molecule has 2 saturated heterocycles. The number of nitrogens with zero attached hydrogens (tertiary/aromatic N) is 2. The Morgan fingerprint density at radius 2 is 1.87 bits per heavy atom. The topological polar surface area (TPSA) is 111 Å². The molecule has 0 aliphatic carbocycles. The minimum atomic E-state index is -3.31. The van der Waals surface area contributed by atoms with Gasteiger partial charge in [-0.15, -0.1) is 0 Å². The zero-order valence-corrected chi connectivity index (χ0v) is 16.8. The molecule has 3 rings (SSSR count). The molecule has 2 fully saturated rings. The molecule has 10 heteroatoms. The molecule has 2 aliphatic heterocycles. The summed E-state index contributed by atoms with van der Waals surface area (Å²) in [5, 5.41) is 0. The van der Waals surface area contributed by atoms with Crippen LogP contribution in [0.15, 0.2) is 18.2 Å². The lowest BCUT2D eigenvalue weighted by Crippen LogP contribution is -2.47. The van der Waals surface area contributed by atoms with E-state index in [0.29, 0.717) is 0 Å². The highest BCUT2D eigenvalue weighted by Crippen LogP contribution is 2.30. The molecule has 0 saturated carbocycles. The summed E-state index contributed by atoms with van der Waals surface area (Å²) in [6.45, 7) is -7.51. The van der Waals surface area contributed by atoms with Gasteiger partial charge in [0.05, 0.1) is 42.0 Å². The molecule has 166 valence electrons. The van der Waals surface area contributed by atoms with Crippen LogP contribution in [0.1, 0.15) is 38.7 Å². The number of esters is 2. The van der Waals surface area contributed by atoms with E-state index in [0.717, 1.165) is 17.0 Å². The number of hydrogen-bond donors (Lipinski definition) is 1. The van der Waals surface area contributed by atoms with Crippen LogP contribution in [0.25, 0.3) is 0 Å². The second kappa shape index (κ2) is 9.86. The van der Waals surface area contributed by atoms with Crippen LogP contribution in [0.2, 0.25) is 0 Å². The third-order valence-electron chi connectivity index (χ3n) is 3.83. The van der Waals surface area contributed by atoms with Crippen molar-refractivity contribution >= 4 is 29.4 Å². The van der Waals surface area contributed by atoms with E-state index in [1.165, 1.54) is 19.9 Å².